The first kappa shape index (κ1) is 12.5. The summed E-state index contributed by atoms with van der Waals surface area (Å²) in [7, 11) is 0. The van der Waals surface area contributed by atoms with Gasteiger partial charge in [-0.2, -0.15) is 4.98 Å². The van der Waals surface area contributed by atoms with Gasteiger partial charge in [0.1, 0.15) is 5.76 Å². The lowest BCUT2D eigenvalue weighted by Crippen LogP contribution is -1.93. The molecule has 0 saturated heterocycles. The number of nitrogen functional groups attached to an aromatic ring is 1. The molecule has 0 aliphatic heterocycles. The highest BCUT2D eigenvalue weighted by atomic mass is 16.5. The molecule has 20 heavy (non-hydrogen) atoms. The third kappa shape index (κ3) is 1.97. The summed E-state index contributed by atoms with van der Waals surface area (Å²) in [6.45, 7) is 5.88. The highest BCUT2D eigenvalue weighted by molar-refractivity contribution is 5.68. The second-order valence-electron chi connectivity index (χ2n) is 4.82. The van der Waals surface area contributed by atoms with Gasteiger partial charge in [0, 0.05) is 11.3 Å². The smallest absolute Gasteiger partial charge is 0.258 e. The van der Waals surface area contributed by atoms with E-state index in [1.807, 2.05) is 39.0 Å². The zero-order valence-corrected chi connectivity index (χ0v) is 11.6. The van der Waals surface area contributed by atoms with Gasteiger partial charge >= 0.3 is 0 Å². The standard InChI is InChI=1S/C15H15N3O2/c1-8-6-11(16)7-13(9(8)2)15-17-14(18-20-15)12-4-5-19-10(12)3/h4-7H,16H2,1-3H3. The number of hydrogen-bond donors (Lipinski definition) is 1. The molecule has 1 aromatic carbocycles. The number of anilines is 1. The molecule has 0 bridgehead atoms. The number of nitrogens with zero attached hydrogens (tertiary/aromatic N) is 2. The fourth-order valence-electron chi connectivity index (χ4n) is 2.17. The average molecular weight is 269 g/mol. The van der Waals surface area contributed by atoms with Crippen LogP contribution in [0.15, 0.2) is 33.4 Å². The van der Waals surface area contributed by atoms with Crippen LogP contribution in [0.25, 0.3) is 22.8 Å². The monoisotopic (exact) mass is 269 g/mol. The first-order valence-corrected chi connectivity index (χ1v) is 6.31. The predicted octanol–water partition coefficient (Wildman–Crippen LogP) is 3.50. The Morgan fingerprint density at radius 1 is 1.10 bits per heavy atom. The van der Waals surface area contributed by atoms with E-state index in [4.69, 9.17) is 14.7 Å². The normalized spacial score (nSPS) is 10.9. The first-order valence-electron chi connectivity index (χ1n) is 6.31. The van der Waals surface area contributed by atoms with Crippen molar-refractivity contribution in [2.45, 2.75) is 20.8 Å². The molecular weight excluding hydrogens is 254 g/mol. The summed E-state index contributed by atoms with van der Waals surface area (Å²) >= 11 is 0. The van der Waals surface area contributed by atoms with E-state index in [1.165, 1.54) is 0 Å². The van der Waals surface area contributed by atoms with Gasteiger partial charge in [-0.25, -0.2) is 0 Å². The Hall–Kier alpha value is -2.56. The Kier molecular flexibility index (Phi) is 2.82. The summed E-state index contributed by atoms with van der Waals surface area (Å²) in [5.74, 6) is 1.75. The number of aromatic nitrogens is 2. The molecule has 0 spiro atoms. The lowest BCUT2D eigenvalue weighted by molar-refractivity contribution is 0.432. The molecule has 2 aromatic heterocycles. The van der Waals surface area contributed by atoms with Crippen LogP contribution in [-0.4, -0.2) is 10.1 Å². The van der Waals surface area contributed by atoms with Crippen molar-refractivity contribution in [3.63, 3.8) is 0 Å². The summed E-state index contributed by atoms with van der Waals surface area (Å²) < 4.78 is 10.6. The van der Waals surface area contributed by atoms with Gasteiger partial charge in [-0.15, -0.1) is 0 Å². The SMILES string of the molecule is Cc1cc(N)cc(-c2nc(-c3ccoc3C)no2)c1C. The molecule has 2 heterocycles. The Bertz CT molecular complexity index is 771. The summed E-state index contributed by atoms with van der Waals surface area (Å²) in [6, 6.07) is 5.60. The van der Waals surface area contributed by atoms with E-state index in [9.17, 15) is 0 Å². The molecule has 0 aliphatic carbocycles. The summed E-state index contributed by atoms with van der Waals surface area (Å²) in [6.07, 6.45) is 1.61. The van der Waals surface area contributed by atoms with Gasteiger partial charge in [0.15, 0.2) is 0 Å². The fraction of sp³-hybridized carbons (Fsp3) is 0.200. The second kappa shape index (κ2) is 4.52. The number of furan rings is 1. The van der Waals surface area contributed by atoms with Crippen LogP contribution in [0.4, 0.5) is 5.69 Å². The Balaban J connectivity index is 2.09. The van der Waals surface area contributed by atoms with Crippen molar-refractivity contribution in [1.29, 1.82) is 0 Å². The molecule has 0 radical (unpaired) electrons. The minimum atomic E-state index is 0.466. The van der Waals surface area contributed by atoms with Gasteiger partial charge < -0.3 is 14.7 Å². The van der Waals surface area contributed by atoms with Crippen molar-refractivity contribution in [3.8, 4) is 22.8 Å². The summed E-state index contributed by atoms with van der Waals surface area (Å²) in [5.41, 5.74) is 10.4. The molecule has 0 amide bonds. The number of benzene rings is 1. The zero-order chi connectivity index (χ0) is 14.3. The maximum absolute atomic E-state index is 5.89. The Morgan fingerprint density at radius 2 is 1.90 bits per heavy atom. The molecule has 0 atom stereocenters. The third-order valence-corrected chi connectivity index (χ3v) is 3.45. The maximum Gasteiger partial charge on any atom is 0.258 e. The maximum atomic E-state index is 5.89. The number of aryl methyl sites for hydroxylation is 2. The van der Waals surface area contributed by atoms with Crippen LogP contribution in [-0.2, 0) is 0 Å². The van der Waals surface area contributed by atoms with Gasteiger partial charge in [-0.1, -0.05) is 5.16 Å². The van der Waals surface area contributed by atoms with E-state index in [1.54, 1.807) is 6.26 Å². The molecule has 0 fully saturated rings. The fourth-order valence-corrected chi connectivity index (χ4v) is 2.17. The topological polar surface area (TPSA) is 78.1 Å². The second-order valence-corrected chi connectivity index (χ2v) is 4.82. The number of rotatable bonds is 2. The Labute approximate surface area is 116 Å². The lowest BCUT2D eigenvalue weighted by atomic mass is 10.0. The van der Waals surface area contributed by atoms with Gasteiger partial charge in [0.25, 0.3) is 5.89 Å². The van der Waals surface area contributed by atoms with Crippen molar-refractivity contribution in [2.75, 3.05) is 5.73 Å². The molecule has 0 saturated carbocycles. The van der Waals surface area contributed by atoms with Crippen molar-refractivity contribution in [1.82, 2.24) is 10.1 Å². The van der Waals surface area contributed by atoms with E-state index < -0.39 is 0 Å². The molecule has 3 rings (SSSR count). The van der Waals surface area contributed by atoms with Crippen molar-refractivity contribution in [3.05, 3.63) is 41.3 Å². The number of nitrogens with two attached hydrogens (primary N) is 1. The van der Waals surface area contributed by atoms with Gasteiger partial charge in [0.2, 0.25) is 5.82 Å². The minimum Gasteiger partial charge on any atom is -0.469 e. The largest absolute Gasteiger partial charge is 0.469 e. The van der Waals surface area contributed by atoms with E-state index in [0.717, 1.165) is 28.0 Å². The molecule has 0 aliphatic rings. The minimum absolute atomic E-state index is 0.466. The predicted molar refractivity (Wildman–Crippen MR) is 76.1 cm³/mol. The highest BCUT2D eigenvalue weighted by Gasteiger charge is 2.16. The summed E-state index contributed by atoms with van der Waals surface area (Å²) in [5, 5.41) is 4.01. The van der Waals surface area contributed by atoms with Crippen LogP contribution in [0, 0.1) is 20.8 Å². The average Bonchev–Trinajstić information content (AvgIpc) is 3.02. The summed E-state index contributed by atoms with van der Waals surface area (Å²) in [4.78, 5) is 4.43. The molecule has 0 unspecified atom stereocenters. The molecule has 3 aromatic rings. The van der Waals surface area contributed by atoms with Crippen molar-refractivity contribution in [2.24, 2.45) is 0 Å². The van der Waals surface area contributed by atoms with Crippen LogP contribution >= 0.6 is 0 Å². The van der Waals surface area contributed by atoms with Crippen molar-refractivity contribution < 1.29 is 8.94 Å². The van der Waals surface area contributed by atoms with Crippen LogP contribution in [0.2, 0.25) is 0 Å². The van der Waals surface area contributed by atoms with E-state index >= 15 is 0 Å². The van der Waals surface area contributed by atoms with Crippen LogP contribution in [0.3, 0.4) is 0 Å². The van der Waals surface area contributed by atoms with E-state index in [-0.39, 0.29) is 0 Å². The molecular formula is C15H15N3O2. The highest BCUT2D eigenvalue weighted by Crippen LogP contribution is 2.29. The molecule has 5 nitrogen and oxygen atoms in total. The Morgan fingerprint density at radius 3 is 2.60 bits per heavy atom. The lowest BCUT2D eigenvalue weighted by Gasteiger charge is -2.06. The van der Waals surface area contributed by atoms with Crippen LogP contribution in [0.5, 0.6) is 0 Å². The molecule has 102 valence electrons. The molecule has 5 heteroatoms. The van der Waals surface area contributed by atoms with Crippen molar-refractivity contribution >= 4 is 5.69 Å². The third-order valence-electron chi connectivity index (χ3n) is 3.45. The van der Waals surface area contributed by atoms with E-state index in [0.29, 0.717) is 17.4 Å². The van der Waals surface area contributed by atoms with E-state index in [2.05, 4.69) is 10.1 Å². The number of hydrogen-bond acceptors (Lipinski definition) is 5. The van der Waals surface area contributed by atoms with Crippen LogP contribution in [0.1, 0.15) is 16.9 Å². The van der Waals surface area contributed by atoms with Crippen LogP contribution < -0.4 is 5.73 Å². The quantitative estimate of drug-likeness (QED) is 0.720. The van der Waals surface area contributed by atoms with Gasteiger partial charge in [-0.3, -0.25) is 0 Å². The zero-order valence-electron chi connectivity index (χ0n) is 11.6. The first-order chi connectivity index (χ1) is 9.56. The van der Waals surface area contributed by atoms with Gasteiger partial charge in [0.05, 0.1) is 11.8 Å². The van der Waals surface area contributed by atoms with Gasteiger partial charge in [-0.05, 0) is 50.1 Å². The molecule has 2 N–H and O–H groups in total.